The fourth-order valence-corrected chi connectivity index (χ4v) is 2.06. The van der Waals surface area contributed by atoms with Crippen molar-refractivity contribution in [3.8, 4) is 5.75 Å². The molecule has 19 heavy (non-hydrogen) atoms. The van der Waals surface area contributed by atoms with E-state index in [0.717, 1.165) is 15.9 Å². The molecule has 0 fully saturated rings. The molecule has 0 radical (unpaired) electrons. The summed E-state index contributed by atoms with van der Waals surface area (Å²) in [6.45, 7) is 2.24. The zero-order chi connectivity index (χ0) is 14.0. The van der Waals surface area contributed by atoms with E-state index in [1.807, 2.05) is 20.0 Å². The summed E-state index contributed by atoms with van der Waals surface area (Å²) >= 11 is 3.34. The lowest BCUT2D eigenvalue weighted by Crippen LogP contribution is -2.04. The molecule has 1 aromatic heterocycles. The zero-order valence-corrected chi connectivity index (χ0v) is 12.1. The number of hydrogen-bond acceptors (Lipinski definition) is 3. The van der Waals surface area contributed by atoms with Crippen molar-refractivity contribution in [2.24, 2.45) is 7.05 Å². The molecule has 2 aromatic rings. The average Bonchev–Trinajstić information content (AvgIpc) is 2.66. The summed E-state index contributed by atoms with van der Waals surface area (Å²) in [6.07, 6.45) is 0. The highest BCUT2D eigenvalue weighted by molar-refractivity contribution is 9.10. The van der Waals surface area contributed by atoms with E-state index in [-0.39, 0.29) is 5.56 Å². The number of rotatable bonds is 4. The molecule has 0 aliphatic heterocycles. The first-order chi connectivity index (χ1) is 8.97. The van der Waals surface area contributed by atoms with E-state index in [1.54, 1.807) is 10.7 Å². The van der Waals surface area contributed by atoms with Gasteiger partial charge in [-0.25, -0.2) is 4.79 Å². The molecule has 0 saturated heterocycles. The maximum absolute atomic E-state index is 10.9. The van der Waals surface area contributed by atoms with Crippen LogP contribution in [0.2, 0.25) is 0 Å². The van der Waals surface area contributed by atoms with Gasteiger partial charge in [-0.2, -0.15) is 5.10 Å². The highest BCUT2D eigenvalue weighted by Gasteiger charge is 2.09. The van der Waals surface area contributed by atoms with Crippen LogP contribution in [0.1, 0.15) is 21.7 Å². The molecule has 0 amide bonds. The van der Waals surface area contributed by atoms with Gasteiger partial charge in [-0.15, -0.1) is 0 Å². The van der Waals surface area contributed by atoms with Crippen molar-refractivity contribution >= 4 is 21.9 Å². The normalized spacial score (nSPS) is 10.5. The Kier molecular flexibility index (Phi) is 3.90. The van der Waals surface area contributed by atoms with Crippen molar-refractivity contribution < 1.29 is 14.6 Å². The molecular weight excluding hydrogens is 312 g/mol. The number of aromatic carboxylic acids is 1. The molecule has 2 rings (SSSR count). The van der Waals surface area contributed by atoms with Crippen LogP contribution >= 0.6 is 15.9 Å². The molecule has 0 aliphatic rings. The third-order valence-corrected chi connectivity index (χ3v) is 3.31. The number of benzene rings is 1. The van der Waals surface area contributed by atoms with Gasteiger partial charge in [0, 0.05) is 7.05 Å². The number of aromatic nitrogens is 2. The minimum absolute atomic E-state index is 0.194. The maximum atomic E-state index is 10.9. The summed E-state index contributed by atoms with van der Waals surface area (Å²) in [4.78, 5) is 10.9. The van der Waals surface area contributed by atoms with E-state index < -0.39 is 5.97 Å². The second kappa shape index (κ2) is 5.44. The molecular formula is C13H13BrN2O3. The largest absolute Gasteiger partial charge is 0.486 e. The SMILES string of the molecule is Cc1cc(COc2cc(C(=O)O)ccc2Br)n(C)n1. The third kappa shape index (κ3) is 3.14. The number of halogens is 1. The molecule has 100 valence electrons. The molecule has 6 heteroatoms. The van der Waals surface area contributed by atoms with Crippen LogP contribution in [0.5, 0.6) is 5.75 Å². The number of ether oxygens (including phenoxy) is 1. The fourth-order valence-electron chi connectivity index (χ4n) is 1.70. The topological polar surface area (TPSA) is 64.3 Å². The summed E-state index contributed by atoms with van der Waals surface area (Å²) in [7, 11) is 1.84. The first-order valence-electron chi connectivity index (χ1n) is 5.62. The van der Waals surface area contributed by atoms with E-state index >= 15 is 0 Å². The molecule has 0 atom stereocenters. The molecule has 1 N–H and O–H groups in total. The van der Waals surface area contributed by atoms with Crippen molar-refractivity contribution in [2.45, 2.75) is 13.5 Å². The van der Waals surface area contributed by atoms with E-state index in [2.05, 4.69) is 21.0 Å². The summed E-state index contributed by atoms with van der Waals surface area (Å²) in [6, 6.07) is 6.60. The average molecular weight is 325 g/mol. The number of hydrogen-bond donors (Lipinski definition) is 1. The second-order valence-corrected chi connectivity index (χ2v) is 4.99. The van der Waals surface area contributed by atoms with Gasteiger partial charge in [-0.3, -0.25) is 4.68 Å². The summed E-state index contributed by atoms with van der Waals surface area (Å²) in [5, 5.41) is 13.2. The number of carbonyl (C=O) groups is 1. The molecule has 0 unspecified atom stereocenters. The Morgan fingerprint density at radius 3 is 2.79 bits per heavy atom. The molecule has 1 heterocycles. The minimum Gasteiger partial charge on any atom is -0.486 e. The molecule has 5 nitrogen and oxygen atoms in total. The standard InChI is InChI=1S/C13H13BrN2O3/c1-8-5-10(16(2)15-8)7-19-12-6-9(13(17)18)3-4-11(12)14/h3-6H,7H2,1-2H3,(H,17,18). The Bertz CT molecular complexity index is 622. The quantitative estimate of drug-likeness (QED) is 0.939. The molecule has 0 aliphatic carbocycles. The second-order valence-electron chi connectivity index (χ2n) is 4.14. The lowest BCUT2D eigenvalue weighted by Gasteiger charge is -2.09. The summed E-state index contributed by atoms with van der Waals surface area (Å²) < 4.78 is 8.10. The van der Waals surface area contributed by atoms with Gasteiger partial charge >= 0.3 is 5.97 Å². The maximum Gasteiger partial charge on any atom is 0.335 e. The summed E-state index contributed by atoms with van der Waals surface area (Å²) in [5.41, 5.74) is 2.03. The summed E-state index contributed by atoms with van der Waals surface area (Å²) in [5.74, 6) is -0.479. The van der Waals surface area contributed by atoms with Crippen molar-refractivity contribution in [2.75, 3.05) is 0 Å². The van der Waals surface area contributed by atoms with Gasteiger partial charge in [0.25, 0.3) is 0 Å². The predicted molar refractivity (Wildman–Crippen MR) is 73.4 cm³/mol. The van der Waals surface area contributed by atoms with Gasteiger partial charge in [0.1, 0.15) is 12.4 Å². The van der Waals surface area contributed by atoms with E-state index in [9.17, 15) is 4.79 Å². The third-order valence-electron chi connectivity index (χ3n) is 2.65. The first kappa shape index (κ1) is 13.6. The van der Waals surface area contributed by atoms with E-state index in [4.69, 9.17) is 9.84 Å². The zero-order valence-electron chi connectivity index (χ0n) is 10.6. The van der Waals surface area contributed by atoms with Crippen LogP contribution in [0.3, 0.4) is 0 Å². The number of aryl methyl sites for hydroxylation is 2. The Morgan fingerprint density at radius 2 is 2.21 bits per heavy atom. The van der Waals surface area contributed by atoms with Gasteiger partial charge < -0.3 is 9.84 Å². The highest BCUT2D eigenvalue weighted by Crippen LogP contribution is 2.27. The highest BCUT2D eigenvalue weighted by atomic mass is 79.9. The van der Waals surface area contributed by atoms with Crippen LogP contribution in [0.15, 0.2) is 28.7 Å². The molecule has 0 bridgehead atoms. The monoisotopic (exact) mass is 324 g/mol. The Labute approximate surface area is 118 Å². The number of carboxylic acid groups (broad SMARTS) is 1. The minimum atomic E-state index is -0.978. The first-order valence-corrected chi connectivity index (χ1v) is 6.42. The van der Waals surface area contributed by atoms with Gasteiger partial charge in [-0.1, -0.05) is 0 Å². The van der Waals surface area contributed by atoms with Crippen LogP contribution in [0.4, 0.5) is 0 Å². The van der Waals surface area contributed by atoms with Crippen LogP contribution < -0.4 is 4.74 Å². The van der Waals surface area contributed by atoms with Crippen LogP contribution in [0, 0.1) is 6.92 Å². The lowest BCUT2D eigenvalue weighted by molar-refractivity contribution is 0.0696. The Morgan fingerprint density at radius 1 is 1.47 bits per heavy atom. The van der Waals surface area contributed by atoms with E-state index in [1.165, 1.54) is 12.1 Å². The van der Waals surface area contributed by atoms with Gasteiger partial charge in [0.2, 0.25) is 0 Å². The number of carboxylic acids is 1. The van der Waals surface area contributed by atoms with Crippen molar-refractivity contribution in [1.29, 1.82) is 0 Å². The molecule has 0 spiro atoms. The van der Waals surface area contributed by atoms with Gasteiger partial charge in [0.05, 0.1) is 21.4 Å². The Balaban J connectivity index is 2.17. The lowest BCUT2D eigenvalue weighted by atomic mass is 10.2. The van der Waals surface area contributed by atoms with Crippen LogP contribution in [-0.2, 0) is 13.7 Å². The van der Waals surface area contributed by atoms with Gasteiger partial charge in [-0.05, 0) is 47.1 Å². The molecule has 1 aromatic carbocycles. The van der Waals surface area contributed by atoms with E-state index in [0.29, 0.717) is 12.4 Å². The molecule has 0 saturated carbocycles. The van der Waals surface area contributed by atoms with Crippen molar-refractivity contribution in [3.05, 3.63) is 45.7 Å². The number of nitrogens with zero attached hydrogens (tertiary/aromatic N) is 2. The predicted octanol–water partition coefficient (Wildman–Crippen LogP) is 2.77. The van der Waals surface area contributed by atoms with Crippen molar-refractivity contribution in [1.82, 2.24) is 9.78 Å². The van der Waals surface area contributed by atoms with Gasteiger partial charge in [0.15, 0.2) is 0 Å². The fraction of sp³-hybridized carbons (Fsp3) is 0.231. The van der Waals surface area contributed by atoms with Crippen LogP contribution in [0.25, 0.3) is 0 Å². The van der Waals surface area contributed by atoms with Crippen LogP contribution in [-0.4, -0.2) is 20.9 Å². The van der Waals surface area contributed by atoms with Crippen molar-refractivity contribution in [3.63, 3.8) is 0 Å². The Hall–Kier alpha value is -1.82. The smallest absolute Gasteiger partial charge is 0.335 e.